The van der Waals surface area contributed by atoms with Crippen LogP contribution in [0, 0.1) is 0 Å². The Morgan fingerprint density at radius 3 is 2.72 bits per heavy atom. The molecule has 1 fully saturated rings. The van der Waals surface area contributed by atoms with Crippen molar-refractivity contribution in [2.24, 2.45) is 0 Å². The van der Waals surface area contributed by atoms with Crippen LogP contribution in [-0.2, 0) is 10.0 Å². The molecule has 1 aromatic heterocycles. The van der Waals surface area contributed by atoms with Crippen LogP contribution in [-0.4, -0.2) is 42.5 Å². The molecule has 1 atom stereocenters. The molecule has 0 spiro atoms. The largest absolute Gasteiger partial charge is 0.355 e. The van der Waals surface area contributed by atoms with Crippen molar-refractivity contribution >= 4 is 27.7 Å². The highest BCUT2D eigenvalue weighted by Gasteiger charge is 2.23. The first kappa shape index (κ1) is 13.6. The van der Waals surface area contributed by atoms with E-state index in [1.807, 2.05) is 6.92 Å². The lowest BCUT2D eigenvalue weighted by atomic mass is 10.3. The molecule has 1 aliphatic rings. The number of hydrogen-bond acceptors (Lipinski definition) is 6. The van der Waals surface area contributed by atoms with Crippen LogP contribution in [0.2, 0.25) is 0 Å². The lowest BCUT2D eigenvalue weighted by molar-refractivity contribution is 0.562. The van der Waals surface area contributed by atoms with Crippen molar-refractivity contribution in [1.82, 2.24) is 14.7 Å². The third-order valence-corrected chi connectivity index (χ3v) is 5.16. The van der Waals surface area contributed by atoms with Gasteiger partial charge in [-0.3, -0.25) is 0 Å². The summed E-state index contributed by atoms with van der Waals surface area (Å²) >= 11 is 1.76. The van der Waals surface area contributed by atoms with Gasteiger partial charge in [0.15, 0.2) is 0 Å². The Morgan fingerprint density at radius 2 is 2.17 bits per heavy atom. The fourth-order valence-electron chi connectivity index (χ4n) is 1.62. The van der Waals surface area contributed by atoms with Crippen LogP contribution >= 0.6 is 11.8 Å². The van der Waals surface area contributed by atoms with Gasteiger partial charge in [-0.1, -0.05) is 0 Å². The van der Waals surface area contributed by atoms with E-state index in [1.54, 1.807) is 11.8 Å². The van der Waals surface area contributed by atoms with Gasteiger partial charge in [-0.25, -0.2) is 23.1 Å². The molecule has 0 aliphatic carbocycles. The molecule has 0 amide bonds. The number of nitrogens with one attached hydrogen (secondary N) is 2. The maximum atomic E-state index is 12.0. The highest BCUT2D eigenvalue weighted by molar-refractivity contribution is 7.99. The van der Waals surface area contributed by atoms with E-state index in [4.69, 9.17) is 0 Å². The first-order valence-electron chi connectivity index (χ1n) is 5.78. The second kappa shape index (κ2) is 5.85. The van der Waals surface area contributed by atoms with Gasteiger partial charge >= 0.3 is 0 Å². The van der Waals surface area contributed by atoms with Gasteiger partial charge in [-0.2, -0.15) is 11.8 Å². The Balaban J connectivity index is 2.08. The van der Waals surface area contributed by atoms with Crippen LogP contribution in [0.1, 0.15) is 13.3 Å². The molecule has 0 saturated carbocycles. The van der Waals surface area contributed by atoms with Crippen molar-refractivity contribution in [3.05, 3.63) is 12.4 Å². The molecule has 0 bridgehead atoms. The van der Waals surface area contributed by atoms with Crippen molar-refractivity contribution < 1.29 is 8.42 Å². The molecule has 1 aliphatic heterocycles. The quantitative estimate of drug-likeness (QED) is 0.829. The van der Waals surface area contributed by atoms with E-state index >= 15 is 0 Å². The van der Waals surface area contributed by atoms with Crippen molar-refractivity contribution in [1.29, 1.82) is 0 Å². The summed E-state index contributed by atoms with van der Waals surface area (Å²) in [6, 6.07) is 0.0217. The van der Waals surface area contributed by atoms with Crippen LogP contribution in [0.5, 0.6) is 0 Å². The molecule has 8 heteroatoms. The molecule has 2 heterocycles. The Bertz CT molecular complexity index is 483. The molecule has 1 unspecified atom stereocenters. The smallest absolute Gasteiger partial charge is 0.243 e. The average molecular weight is 288 g/mol. The van der Waals surface area contributed by atoms with Gasteiger partial charge in [0.2, 0.25) is 16.0 Å². The number of aromatic nitrogens is 2. The highest BCUT2D eigenvalue weighted by atomic mass is 32.2. The first-order valence-corrected chi connectivity index (χ1v) is 8.41. The number of rotatable bonds is 5. The van der Waals surface area contributed by atoms with Crippen LogP contribution in [0.25, 0.3) is 0 Å². The third-order valence-electron chi connectivity index (χ3n) is 2.52. The summed E-state index contributed by atoms with van der Waals surface area (Å²) in [5.41, 5.74) is 0. The van der Waals surface area contributed by atoms with Gasteiger partial charge < -0.3 is 5.32 Å². The maximum Gasteiger partial charge on any atom is 0.243 e. The predicted octanol–water partition coefficient (Wildman–Crippen LogP) is 0.692. The normalized spacial score (nSPS) is 19.9. The Kier molecular flexibility index (Phi) is 4.41. The van der Waals surface area contributed by atoms with Crippen molar-refractivity contribution in [3.63, 3.8) is 0 Å². The summed E-state index contributed by atoms with van der Waals surface area (Å²) in [5.74, 6) is 2.27. The van der Waals surface area contributed by atoms with Crippen LogP contribution in [0.3, 0.4) is 0 Å². The van der Waals surface area contributed by atoms with Crippen molar-refractivity contribution in [2.45, 2.75) is 24.3 Å². The van der Waals surface area contributed by atoms with Gasteiger partial charge in [0, 0.05) is 18.3 Å². The zero-order valence-electron chi connectivity index (χ0n) is 10.1. The average Bonchev–Trinajstić information content (AvgIpc) is 2.82. The third kappa shape index (κ3) is 3.33. The lowest BCUT2D eigenvalue weighted by Gasteiger charge is -2.11. The topological polar surface area (TPSA) is 84.0 Å². The van der Waals surface area contributed by atoms with E-state index < -0.39 is 10.0 Å². The number of hydrogen-bond donors (Lipinski definition) is 2. The first-order chi connectivity index (χ1) is 8.62. The molecule has 0 aromatic carbocycles. The van der Waals surface area contributed by atoms with E-state index in [9.17, 15) is 8.42 Å². The minimum Gasteiger partial charge on any atom is -0.355 e. The number of anilines is 1. The maximum absolute atomic E-state index is 12.0. The van der Waals surface area contributed by atoms with E-state index in [2.05, 4.69) is 20.0 Å². The van der Waals surface area contributed by atoms with Crippen LogP contribution in [0.15, 0.2) is 17.3 Å². The molecule has 0 radical (unpaired) electrons. The van der Waals surface area contributed by atoms with Gasteiger partial charge in [0.25, 0.3) is 0 Å². The number of nitrogens with zero attached hydrogens (tertiary/aromatic N) is 2. The summed E-state index contributed by atoms with van der Waals surface area (Å²) in [4.78, 5) is 8.04. The van der Waals surface area contributed by atoms with Gasteiger partial charge in [-0.15, -0.1) is 0 Å². The van der Waals surface area contributed by atoms with E-state index in [0.717, 1.165) is 17.9 Å². The zero-order valence-corrected chi connectivity index (χ0v) is 11.7. The van der Waals surface area contributed by atoms with E-state index in [1.165, 1.54) is 12.4 Å². The Labute approximate surface area is 111 Å². The summed E-state index contributed by atoms with van der Waals surface area (Å²) in [6.45, 7) is 2.62. The fraction of sp³-hybridized carbons (Fsp3) is 0.600. The minimum atomic E-state index is -3.49. The Hall–Kier alpha value is -0.860. The summed E-state index contributed by atoms with van der Waals surface area (Å²) in [5, 5.41) is 2.92. The molecule has 1 saturated heterocycles. The Morgan fingerprint density at radius 1 is 1.44 bits per heavy atom. The van der Waals surface area contributed by atoms with Crippen LogP contribution in [0.4, 0.5) is 5.95 Å². The van der Waals surface area contributed by atoms with Crippen molar-refractivity contribution in [3.8, 4) is 0 Å². The number of thioether (sulfide) groups is 1. The summed E-state index contributed by atoms with van der Waals surface area (Å²) in [7, 11) is -3.49. The van der Waals surface area contributed by atoms with E-state index in [0.29, 0.717) is 12.5 Å². The fourth-order valence-corrected chi connectivity index (χ4v) is 4.04. The SMILES string of the molecule is CCNc1ncc(S(=O)(=O)NC2CCSC2)cn1. The molecule has 100 valence electrons. The molecular formula is C10H16N4O2S2. The zero-order chi connectivity index (χ0) is 13.0. The summed E-state index contributed by atoms with van der Waals surface area (Å²) in [6.07, 6.45) is 3.53. The minimum absolute atomic E-state index is 0.0217. The summed E-state index contributed by atoms with van der Waals surface area (Å²) < 4.78 is 26.7. The second-order valence-corrected chi connectivity index (χ2v) is 6.82. The van der Waals surface area contributed by atoms with Gasteiger partial charge in [0.1, 0.15) is 4.90 Å². The standard InChI is InChI=1S/C10H16N4O2S2/c1-2-11-10-12-5-9(6-13-10)18(15,16)14-8-3-4-17-7-8/h5-6,8,14H,2-4,7H2,1H3,(H,11,12,13). The molecule has 2 rings (SSSR count). The second-order valence-electron chi connectivity index (χ2n) is 3.95. The predicted molar refractivity (Wildman–Crippen MR) is 72.2 cm³/mol. The van der Waals surface area contributed by atoms with Gasteiger partial charge in [0.05, 0.1) is 12.4 Å². The molecule has 18 heavy (non-hydrogen) atoms. The van der Waals surface area contributed by atoms with E-state index in [-0.39, 0.29) is 10.9 Å². The molecule has 6 nitrogen and oxygen atoms in total. The lowest BCUT2D eigenvalue weighted by Crippen LogP contribution is -2.34. The number of sulfonamides is 1. The van der Waals surface area contributed by atoms with Crippen LogP contribution < -0.4 is 10.0 Å². The van der Waals surface area contributed by atoms with Gasteiger partial charge in [-0.05, 0) is 19.1 Å². The molecule has 2 N–H and O–H groups in total. The molecular weight excluding hydrogens is 272 g/mol. The van der Waals surface area contributed by atoms with Crippen molar-refractivity contribution in [2.75, 3.05) is 23.4 Å². The molecule has 1 aromatic rings. The monoisotopic (exact) mass is 288 g/mol. The highest BCUT2D eigenvalue weighted by Crippen LogP contribution is 2.19.